The van der Waals surface area contributed by atoms with Gasteiger partial charge in [0.2, 0.25) is 5.91 Å². The Morgan fingerprint density at radius 2 is 1.67 bits per heavy atom. The number of nitrogens with zero attached hydrogens (tertiary/aromatic N) is 2. The van der Waals surface area contributed by atoms with Gasteiger partial charge < -0.3 is 15.5 Å². The molecule has 0 saturated carbocycles. The van der Waals surface area contributed by atoms with Crippen LogP contribution in [0.3, 0.4) is 0 Å². The van der Waals surface area contributed by atoms with Crippen LogP contribution >= 0.6 is 15.9 Å². The first-order chi connectivity index (χ1) is 9.97. The van der Waals surface area contributed by atoms with Crippen LogP contribution in [-0.2, 0) is 4.79 Å². The van der Waals surface area contributed by atoms with Crippen LogP contribution in [0.4, 0.5) is 0 Å². The highest BCUT2D eigenvalue weighted by Gasteiger charge is 2.24. The summed E-state index contributed by atoms with van der Waals surface area (Å²) >= 11 is 3.35. The molecule has 1 atom stereocenters. The third kappa shape index (κ3) is 4.28. The van der Waals surface area contributed by atoms with Gasteiger partial charge in [-0.15, -0.1) is 0 Å². The SMILES string of the molecule is CC(N)CC(=O)N1CCN(C(=O)c2ccc(Br)cc2)CC1. The van der Waals surface area contributed by atoms with Gasteiger partial charge in [0.25, 0.3) is 5.91 Å². The second-order valence-corrected chi connectivity index (χ2v) is 6.28. The molecule has 1 aliphatic heterocycles. The van der Waals surface area contributed by atoms with Crippen molar-refractivity contribution in [1.29, 1.82) is 0 Å². The molecule has 1 aromatic rings. The monoisotopic (exact) mass is 353 g/mol. The summed E-state index contributed by atoms with van der Waals surface area (Å²) in [5.74, 6) is 0.0857. The van der Waals surface area contributed by atoms with Crippen molar-refractivity contribution in [2.45, 2.75) is 19.4 Å². The van der Waals surface area contributed by atoms with Gasteiger partial charge in [-0.3, -0.25) is 9.59 Å². The maximum Gasteiger partial charge on any atom is 0.253 e. The van der Waals surface area contributed by atoms with Crippen molar-refractivity contribution in [3.63, 3.8) is 0 Å². The quantitative estimate of drug-likeness (QED) is 0.894. The summed E-state index contributed by atoms with van der Waals surface area (Å²) < 4.78 is 0.949. The average Bonchev–Trinajstić information content (AvgIpc) is 2.47. The van der Waals surface area contributed by atoms with Crippen LogP contribution < -0.4 is 5.73 Å². The van der Waals surface area contributed by atoms with E-state index in [0.717, 1.165) is 4.47 Å². The lowest BCUT2D eigenvalue weighted by Crippen LogP contribution is -2.51. The normalized spacial score (nSPS) is 16.7. The van der Waals surface area contributed by atoms with Crippen LogP contribution in [0, 0.1) is 0 Å². The van der Waals surface area contributed by atoms with E-state index in [-0.39, 0.29) is 17.9 Å². The molecular formula is C15H20BrN3O2. The number of carbonyl (C=O) groups is 2. The molecule has 2 N–H and O–H groups in total. The van der Waals surface area contributed by atoms with Gasteiger partial charge >= 0.3 is 0 Å². The second kappa shape index (κ2) is 7.04. The van der Waals surface area contributed by atoms with Crippen molar-refractivity contribution in [1.82, 2.24) is 9.80 Å². The summed E-state index contributed by atoms with van der Waals surface area (Å²) in [7, 11) is 0. The summed E-state index contributed by atoms with van der Waals surface area (Å²) in [6.07, 6.45) is 0.362. The summed E-state index contributed by atoms with van der Waals surface area (Å²) in [6.45, 7) is 4.12. The minimum atomic E-state index is -0.125. The van der Waals surface area contributed by atoms with Crippen molar-refractivity contribution in [3.8, 4) is 0 Å². The Hall–Kier alpha value is -1.40. The number of piperazine rings is 1. The number of halogens is 1. The molecule has 0 radical (unpaired) electrons. The zero-order chi connectivity index (χ0) is 15.4. The molecule has 0 bridgehead atoms. The molecule has 1 unspecified atom stereocenters. The van der Waals surface area contributed by atoms with Gasteiger partial charge in [-0.2, -0.15) is 0 Å². The predicted molar refractivity (Wildman–Crippen MR) is 84.9 cm³/mol. The molecule has 1 heterocycles. The van der Waals surface area contributed by atoms with Gasteiger partial charge in [-0.1, -0.05) is 15.9 Å². The molecule has 1 aromatic carbocycles. The van der Waals surface area contributed by atoms with Crippen LogP contribution in [0.2, 0.25) is 0 Å². The Bertz CT molecular complexity index is 508. The third-order valence-electron chi connectivity index (χ3n) is 3.51. The number of benzene rings is 1. The van der Waals surface area contributed by atoms with Crippen molar-refractivity contribution in [2.24, 2.45) is 5.73 Å². The first-order valence-corrected chi connectivity index (χ1v) is 7.85. The third-order valence-corrected chi connectivity index (χ3v) is 4.04. The molecule has 21 heavy (non-hydrogen) atoms. The van der Waals surface area contributed by atoms with Crippen molar-refractivity contribution < 1.29 is 9.59 Å². The molecular weight excluding hydrogens is 334 g/mol. The lowest BCUT2D eigenvalue weighted by Gasteiger charge is -2.35. The first-order valence-electron chi connectivity index (χ1n) is 7.05. The highest BCUT2D eigenvalue weighted by molar-refractivity contribution is 9.10. The lowest BCUT2D eigenvalue weighted by molar-refractivity contribution is -0.132. The number of hydrogen-bond donors (Lipinski definition) is 1. The standard InChI is InChI=1S/C15H20BrN3O2/c1-11(17)10-14(20)18-6-8-19(9-7-18)15(21)12-2-4-13(16)5-3-12/h2-5,11H,6-10,17H2,1H3. The van der Waals surface area contributed by atoms with Crippen LogP contribution in [-0.4, -0.2) is 53.8 Å². The van der Waals surface area contributed by atoms with E-state index in [1.807, 2.05) is 19.1 Å². The lowest BCUT2D eigenvalue weighted by atomic mass is 10.1. The number of amides is 2. The molecule has 5 nitrogen and oxygen atoms in total. The Morgan fingerprint density at radius 3 is 2.19 bits per heavy atom. The molecule has 0 aromatic heterocycles. The molecule has 1 fully saturated rings. The molecule has 2 amide bonds. The number of nitrogens with two attached hydrogens (primary N) is 1. The molecule has 2 rings (SSSR count). The van der Waals surface area contributed by atoms with E-state index < -0.39 is 0 Å². The van der Waals surface area contributed by atoms with E-state index in [1.54, 1.807) is 21.9 Å². The number of rotatable bonds is 3. The Morgan fingerprint density at radius 1 is 1.14 bits per heavy atom. The Labute approximate surface area is 133 Å². The zero-order valence-corrected chi connectivity index (χ0v) is 13.7. The summed E-state index contributed by atoms with van der Waals surface area (Å²) in [5, 5.41) is 0. The smallest absolute Gasteiger partial charge is 0.253 e. The van der Waals surface area contributed by atoms with Gasteiger partial charge in [0.1, 0.15) is 0 Å². The second-order valence-electron chi connectivity index (χ2n) is 5.36. The van der Waals surface area contributed by atoms with E-state index >= 15 is 0 Å². The van der Waals surface area contributed by atoms with E-state index in [4.69, 9.17) is 5.73 Å². The molecule has 0 aliphatic carbocycles. The van der Waals surface area contributed by atoms with Crippen molar-refractivity contribution in [2.75, 3.05) is 26.2 Å². The van der Waals surface area contributed by atoms with Crippen LogP contribution in [0.25, 0.3) is 0 Å². The van der Waals surface area contributed by atoms with E-state index in [0.29, 0.717) is 38.2 Å². The minimum Gasteiger partial charge on any atom is -0.339 e. The zero-order valence-electron chi connectivity index (χ0n) is 12.1. The molecule has 0 spiro atoms. The van der Waals surface area contributed by atoms with E-state index in [9.17, 15) is 9.59 Å². The minimum absolute atomic E-state index is 0.0155. The highest BCUT2D eigenvalue weighted by atomic mass is 79.9. The molecule has 6 heteroatoms. The molecule has 1 aliphatic rings. The summed E-state index contributed by atoms with van der Waals surface area (Å²) in [4.78, 5) is 27.9. The van der Waals surface area contributed by atoms with E-state index in [2.05, 4.69) is 15.9 Å². The Kier molecular flexibility index (Phi) is 5.36. The highest BCUT2D eigenvalue weighted by Crippen LogP contribution is 2.14. The van der Waals surface area contributed by atoms with Crippen molar-refractivity contribution in [3.05, 3.63) is 34.3 Å². The van der Waals surface area contributed by atoms with Crippen LogP contribution in [0.15, 0.2) is 28.7 Å². The Balaban J connectivity index is 1.90. The maximum atomic E-state index is 12.4. The fourth-order valence-corrected chi connectivity index (χ4v) is 2.60. The van der Waals surface area contributed by atoms with E-state index in [1.165, 1.54) is 0 Å². The molecule has 1 saturated heterocycles. The number of hydrogen-bond acceptors (Lipinski definition) is 3. The van der Waals surface area contributed by atoms with Gasteiger partial charge in [0.05, 0.1) is 0 Å². The summed E-state index contributed by atoms with van der Waals surface area (Å²) in [5.41, 5.74) is 6.32. The van der Waals surface area contributed by atoms with Crippen molar-refractivity contribution >= 4 is 27.7 Å². The van der Waals surface area contributed by atoms with Crippen LogP contribution in [0.1, 0.15) is 23.7 Å². The fourth-order valence-electron chi connectivity index (χ4n) is 2.34. The van der Waals surface area contributed by atoms with Gasteiger partial charge in [-0.25, -0.2) is 0 Å². The predicted octanol–water partition coefficient (Wildman–Crippen LogP) is 1.47. The molecule has 114 valence electrons. The summed E-state index contributed by atoms with van der Waals surface area (Å²) in [6, 6.07) is 7.20. The van der Waals surface area contributed by atoms with Gasteiger partial charge in [-0.05, 0) is 31.2 Å². The van der Waals surface area contributed by atoms with Gasteiger partial charge in [0, 0.05) is 48.7 Å². The average molecular weight is 354 g/mol. The first kappa shape index (κ1) is 16.0. The topological polar surface area (TPSA) is 66.6 Å². The van der Waals surface area contributed by atoms with Crippen LogP contribution in [0.5, 0.6) is 0 Å². The fraction of sp³-hybridized carbons (Fsp3) is 0.467. The van der Waals surface area contributed by atoms with Gasteiger partial charge in [0.15, 0.2) is 0 Å². The maximum absolute atomic E-state index is 12.4. The largest absolute Gasteiger partial charge is 0.339 e. The number of carbonyl (C=O) groups excluding carboxylic acids is 2.